The van der Waals surface area contributed by atoms with Gasteiger partial charge in [-0.15, -0.1) is 24.0 Å². The van der Waals surface area contributed by atoms with Crippen molar-refractivity contribution in [3.63, 3.8) is 0 Å². The van der Waals surface area contributed by atoms with Gasteiger partial charge in [0, 0.05) is 46.2 Å². The molecule has 0 atom stereocenters. The third-order valence-corrected chi connectivity index (χ3v) is 5.26. The van der Waals surface area contributed by atoms with Gasteiger partial charge in [-0.2, -0.15) is 5.10 Å². The van der Waals surface area contributed by atoms with Crippen LogP contribution in [0.15, 0.2) is 9.79 Å². The second kappa shape index (κ2) is 11.7. The van der Waals surface area contributed by atoms with Crippen molar-refractivity contribution >= 4 is 29.9 Å². The second-order valence-corrected chi connectivity index (χ2v) is 7.21. The highest BCUT2D eigenvalue weighted by Crippen LogP contribution is 2.09. The fraction of sp³-hybridized carbons (Fsp3) is 0.833. The molecule has 0 spiro atoms. The van der Waals surface area contributed by atoms with Crippen LogP contribution in [0.3, 0.4) is 0 Å². The molecule has 0 radical (unpaired) electrons. The van der Waals surface area contributed by atoms with Gasteiger partial charge in [0.15, 0.2) is 5.96 Å². The quantitative estimate of drug-likeness (QED) is 0.258. The highest BCUT2D eigenvalue weighted by molar-refractivity contribution is 14.0. The third kappa shape index (κ3) is 6.48. The van der Waals surface area contributed by atoms with E-state index in [1.807, 2.05) is 4.57 Å². The number of hydrogen-bond donors (Lipinski definition) is 2. The Hall–Kier alpha value is -1.10. The van der Waals surface area contributed by atoms with Crippen LogP contribution in [0.1, 0.15) is 44.3 Å². The van der Waals surface area contributed by atoms with Gasteiger partial charge in [0.25, 0.3) is 0 Å². The van der Waals surface area contributed by atoms with Crippen molar-refractivity contribution in [2.75, 3.05) is 39.8 Å². The summed E-state index contributed by atoms with van der Waals surface area (Å²) >= 11 is 0. The first kappa shape index (κ1) is 22.2. The molecule has 1 saturated heterocycles. The van der Waals surface area contributed by atoms with Crippen molar-refractivity contribution in [1.29, 1.82) is 0 Å². The average molecular weight is 491 g/mol. The maximum atomic E-state index is 12.3. The van der Waals surface area contributed by atoms with Gasteiger partial charge in [-0.05, 0) is 45.2 Å². The lowest BCUT2D eigenvalue weighted by molar-refractivity contribution is 0.232. The number of piperidine rings is 1. The maximum absolute atomic E-state index is 12.3. The Labute approximate surface area is 178 Å². The molecule has 0 saturated carbocycles. The number of hydrogen-bond acceptors (Lipinski definition) is 4. The minimum absolute atomic E-state index is 0. The zero-order chi connectivity index (χ0) is 18.2. The Bertz CT molecular complexity index is 649. The third-order valence-electron chi connectivity index (χ3n) is 5.26. The molecule has 3 rings (SSSR count). The zero-order valence-electron chi connectivity index (χ0n) is 16.5. The molecular formula is C18H34IN7O. The Morgan fingerprint density at radius 2 is 1.78 bits per heavy atom. The van der Waals surface area contributed by atoms with Crippen LogP contribution in [-0.2, 0) is 19.5 Å². The average Bonchev–Trinajstić information content (AvgIpc) is 3.00. The lowest BCUT2D eigenvalue weighted by atomic mass is 10.1. The maximum Gasteiger partial charge on any atom is 0.345 e. The molecule has 0 bridgehead atoms. The van der Waals surface area contributed by atoms with Gasteiger partial charge in [0.1, 0.15) is 5.82 Å². The van der Waals surface area contributed by atoms with E-state index in [-0.39, 0.29) is 29.7 Å². The van der Waals surface area contributed by atoms with Gasteiger partial charge in [-0.1, -0.05) is 6.42 Å². The topological polar surface area (TPSA) is 79.5 Å². The van der Waals surface area contributed by atoms with Crippen LogP contribution in [0, 0.1) is 0 Å². The fourth-order valence-corrected chi connectivity index (χ4v) is 3.77. The minimum atomic E-state index is 0. The molecule has 2 aliphatic rings. The molecule has 3 heterocycles. The van der Waals surface area contributed by atoms with Crippen LogP contribution in [0.4, 0.5) is 0 Å². The van der Waals surface area contributed by atoms with E-state index in [9.17, 15) is 4.79 Å². The van der Waals surface area contributed by atoms with Crippen LogP contribution in [0.2, 0.25) is 0 Å². The molecule has 0 unspecified atom stereocenters. The summed E-state index contributed by atoms with van der Waals surface area (Å²) in [6.07, 6.45) is 8.01. The molecule has 2 N–H and O–H groups in total. The highest BCUT2D eigenvalue weighted by Gasteiger charge is 2.16. The Kier molecular flexibility index (Phi) is 9.60. The molecular weight excluding hydrogens is 457 g/mol. The van der Waals surface area contributed by atoms with Gasteiger partial charge in [0.2, 0.25) is 0 Å². The van der Waals surface area contributed by atoms with E-state index in [0.29, 0.717) is 6.54 Å². The number of nitrogens with zero attached hydrogens (tertiary/aromatic N) is 5. The van der Waals surface area contributed by atoms with E-state index in [1.54, 1.807) is 11.7 Å². The van der Waals surface area contributed by atoms with E-state index < -0.39 is 0 Å². The molecule has 8 nitrogen and oxygen atoms in total. The standard InChI is InChI=1S/C18H33N7O.HI/c1-19-17(21-10-15-23-11-4-2-5-12-23)20-9-7-14-25-18(26)24-13-6-3-8-16(24)22-25;/h2-15H2,1H3,(H2,19,20,21);1H. The summed E-state index contributed by atoms with van der Waals surface area (Å²) in [4.78, 5) is 19.1. The summed E-state index contributed by atoms with van der Waals surface area (Å²) in [7, 11) is 1.80. The molecule has 1 fully saturated rings. The second-order valence-electron chi connectivity index (χ2n) is 7.21. The Morgan fingerprint density at radius 1 is 1.04 bits per heavy atom. The number of rotatable bonds is 7. The first-order valence-corrected chi connectivity index (χ1v) is 10.1. The Morgan fingerprint density at radius 3 is 2.52 bits per heavy atom. The lowest BCUT2D eigenvalue weighted by Crippen LogP contribution is -2.43. The first-order chi connectivity index (χ1) is 12.8. The van der Waals surface area contributed by atoms with Crippen molar-refractivity contribution in [3.8, 4) is 0 Å². The van der Waals surface area contributed by atoms with Gasteiger partial charge in [0.05, 0.1) is 0 Å². The van der Waals surface area contributed by atoms with Gasteiger partial charge in [-0.3, -0.25) is 9.56 Å². The summed E-state index contributed by atoms with van der Waals surface area (Å²) < 4.78 is 3.45. The molecule has 2 aliphatic heterocycles. The molecule has 0 amide bonds. The number of nitrogens with one attached hydrogen (secondary N) is 2. The smallest absolute Gasteiger partial charge is 0.345 e. The summed E-state index contributed by atoms with van der Waals surface area (Å²) in [5, 5.41) is 11.2. The largest absolute Gasteiger partial charge is 0.356 e. The van der Waals surface area contributed by atoms with Crippen molar-refractivity contribution in [3.05, 3.63) is 16.3 Å². The summed E-state index contributed by atoms with van der Waals surface area (Å²) in [5.41, 5.74) is 0.0451. The Balaban J connectivity index is 0.00000261. The number of guanidine groups is 1. The number of aryl methyl sites for hydroxylation is 2. The van der Waals surface area contributed by atoms with E-state index >= 15 is 0 Å². The molecule has 27 heavy (non-hydrogen) atoms. The number of aliphatic imine (C=N–C) groups is 1. The fourth-order valence-electron chi connectivity index (χ4n) is 3.77. The van der Waals surface area contributed by atoms with Crippen molar-refractivity contribution < 1.29 is 0 Å². The van der Waals surface area contributed by atoms with E-state index in [0.717, 1.165) is 63.6 Å². The van der Waals surface area contributed by atoms with Gasteiger partial charge in [-0.25, -0.2) is 9.48 Å². The first-order valence-electron chi connectivity index (χ1n) is 10.1. The number of fused-ring (bicyclic) bond motifs is 1. The predicted molar refractivity (Wildman–Crippen MR) is 119 cm³/mol. The molecule has 9 heteroatoms. The molecule has 154 valence electrons. The molecule has 1 aromatic heterocycles. The van der Waals surface area contributed by atoms with Gasteiger partial charge < -0.3 is 15.5 Å². The predicted octanol–water partition coefficient (Wildman–Crippen LogP) is 1.04. The van der Waals surface area contributed by atoms with Gasteiger partial charge >= 0.3 is 5.69 Å². The lowest BCUT2D eigenvalue weighted by Gasteiger charge is -2.26. The van der Waals surface area contributed by atoms with Crippen LogP contribution in [0.5, 0.6) is 0 Å². The summed E-state index contributed by atoms with van der Waals surface area (Å²) in [6.45, 7) is 6.66. The molecule has 1 aromatic rings. The minimum Gasteiger partial charge on any atom is -0.356 e. The number of aromatic nitrogens is 3. The zero-order valence-corrected chi connectivity index (χ0v) is 18.8. The molecule has 0 aromatic carbocycles. The van der Waals surface area contributed by atoms with Crippen LogP contribution in [0.25, 0.3) is 0 Å². The van der Waals surface area contributed by atoms with Crippen LogP contribution >= 0.6 is 24.0 Å². The van der Waals surface area contributed by atoms with Crippen molar-refractivity contribution in [1.82, 2.24) is 29.9 Å². The van der Waals surface area contributed by atoms with E-state index in [1.165, 1.54) is 32.4 Å². The summed E-state index contributed by atoms with van der Waals surface area (Å²) in [6, 6.07) is 0. The number of likely N-dealkylation sites (tertiary alicyclic amines) is 1. The highest BCUT2D eigenvalue weighted by atomic mass is 127. The normalized spacial score (nSPS) is 17.9. The van der Waals surface area contributed by atoms with Crippen molar-refractivity contribution in [2.45, 2.75) is 58.0 Å². The van der Waals surface area contributed by atoms with Crippen LogP contribution < -0.4 is 16.3 Å². The molecule has 0 aliphatic carbocycles. The van der Waals surface area contributed by atoms with Crippen molar-refractivity contribution in [2.24, 2.45) is 4.99 Å². The SMILES string of the molecule is CN=C(NCCCn1nc2n(c1=O)CCCC2)NCCN1CCCCC1.I. The monoisotopic (exact) mass is 491 g/mol. The summed E-state index contributed by atoms with van der Waals surface area (Å²) in [5.74, 6) is 1.78. The van der Waals surface area contributed by atoms with E-state index in [2.05, 4.69) is 25.6 Å². The van der Waals surface area contributed by atoms with Crippen LogP contribution in [-0.4, -0.2) is 65.0 Å². The van der Waals surface area contributed by atoms with E-state index in [4.69, 9.17) is 0 Å². The number of halogens is 1.